The van der Waals surface area contributed by atoms with E-state index in [0.717, 1.165) is 11.3 Å². The Morgan fingerprint density at radius 1 is 1.24 bits per heavy atom. The second-order valence-electron chi connectivity index (χ2n) is 5.42. The molecule has 0 aliphatic rings. The number of halogens is 1. The molecule has 0 radical (unpaired) electrons. The first-order valence-electron chi connectivity index (χ1n) is 7.57. The van der Waals surface area contributed by atoms with E-state index in [0.29, 0.717) is 16.3 Å². The van der Waals surface area contributed by atoms with Crippen LogP contribution >= 0.6 is 12.2 Å². The summed E-state index contributed by atoms with van der Waals surface area (Å²) in [6.45, 7) is 1.96. The van der Waals surface area contributed by atoms with E-state index in [4.69, 9.17) is 12.2 Å². The first-order chi connectivity index (χ1) is 12.0. The van der Waals surface area contributed by atoms with Crippen LogP contribution in [0.5, 0.6) is 0 Å². The lowest BCUT2D eigenvalue weighted by atomic mass is 10.2. The molecule has 1 heterocycles. The van der Waals surface area contributed by atoms with Gasteiger partial charge in [-0.2, -0.15) is 5.10 Å². The van der Waals surface area contributed by atoms with Gasteiger partial charge in [0, 0.05) is 0 Å². The number of H-pyrrole nitrogens is 1. The molecular weight excluding hydrogens is 341 g/mol. The van der Waals surface area contributed by atoms with Gasteiger partial charge >= 0.3 is 0 Å². The minimum absolute atomic E-state index is 0.0235. The quantitative estimate of drug-likeness (QED) is 0.485. The normalized spacial score (nSPS) is 10.5. The first kappa shape index (κ1) is 16.8. The van der Waals surface area contributed by atoms with Gasteiger partial charge in [0.2, 0.25) is 5.91 Å². The van der Waals surface area contributed by atoms with Crippen molar-refractivity contribution < 1.29 is 9.18 Å². The molecule has 0 saturated heterocycles. The molecule has 0 aliphatic heterocycles. The van der Waals surface area contributed by atoms with E-state index in [-0.39, 0.29) is 18.1 Å². The number of hydrogen-bond acceptors (Lipinski definition) is 4. The topological polar surface area (TPSA) is 74.7 Å². The van der Waals surface area contributed by atoms with E-state index in [1.165, 1.54) is 24.3 Å². The lowest BCUT2D eigenvalue weighted by Gasteiger charge is -2.11. The monoisotopic (exact) mass is 357 g/mol. The Bertz CT molecular complexity index is 948. The standard InChI is InChI=1S/C17H16FN5OS/c1-11-4-2-3-5-14(11)23-15(20-22-17(23)25)10-16(24)21-19-13-8-6-12(18)7-9-13/h2-9,19H,10H2,1H3,(H,21,24)(H,22,25). The van der Waals surface area contributed by atoms with Gasteiger partial charge in [-0.05, 0) is 55.0 Å². The molecule has 0 atom stereocenters. The Kier molecular flexibility index (Phi) is 4.90. The average molecular weight is 357 g/mol. The highest BCUT2D eigenvalue weighted by Crippen LogP contribution is 2.16. The van der Waals surface area contributed by atoms with E-state index in [1.807, 2.05) is 31.2 Å². The zero-order chi connectivity index (χ0) is 17.8. The predicted octanol–water partition coefficient (Wildman–Crippen LogP) is 3.06. The molecule has 6 nitrogen and oxygen atoms in total. The SMILES string of the molecule is Cc1ccccc1-n1c(CC(=O)NNc2ccc(F)cc2)n[nH]c1=S. The smallest absolute Gasteiger partial charge is 0.245 e. The molecule has 3 rings (SSSR count). The first-order valence-corrected chi connectivity index (χ1v) is 7.98. The van der Waals surface area contributed by atoms with Gasteiger partial charge in [0.25, 0.3) is 0 Å². The largest absolute Gasteiger partial charge is 0.299 e. The molecular formula is C17H16FN5OS. The summed E-state index contributed by atoms with van der Waals surface area (Å²) in [5, 5.41) is 6.87. The van der Waals surface area contributed by atoms with Crippen LogP contribution in [0, 0.1) is 17.5 Å². The van der Waals surface area contributed by atoms with Crippen LogP contribution in [0.3, 0.4) is 0 Å². The third-order valence-corrected chi connectivity index (χ3v) is 3.88. The van der Waals surface area contributed by atoms with Gasteiger partial charge in [-0.15, -0.1) is 0 Å². The molecule has 8 heteroatoms. The van der Waals surface area contributed by atoms with Crippen molar-refractivity contribution in [2.75, 3.05) is 5.43 Å². The summed E-state index contributed by atoms with van der Waals surface area (Å²) in [6, 6.07) is 13.4. The summed E-state index contributed by atoms with van der Waals surface area (Å²) in [5.41, 5.74) is 7.75. The van der Waals surface area contributed by atoms with Crippen LogP contribution in [0.1, 0.15) is 11.4 Å². The molecule has 3 N–H and O–H groups in total. The Morgan fingerprint density at radius 2 is 1.96 bits per heavy atom. The fourth-order valence-corrected chi connectivity index (χ4v) is 2.62. The van der Waals surface area contributed by atoms with Crippen LogP contribution in [0.25, 0.3) is 5.69 Å². The Labute approximate surface area is 148 Å². The second-order valence-corrected chi connectivity index (χ2v) is 5.81. The molecule has 1 amide bonds. The lowest BCUT2D eigenvalue weighted by molar-refractivity contribution is -0.120. The Balaban J connectivity index is 1.73. The van der Waals surface area contributed by atoms with E-state index in [2.05, 4.69) is 21.0 Å². The van der Waals surface area contributed by atoms with Crippen molar-refractivity contribution >= 4 is 23.8 Å². The molecule has 0 spiro atoms. The highest BCUT2D eigenvalue weighted by Gasteiger charge is 2.14. The number of hydrazine groups is 1. The molecule has 2 aromatic carbocycles. The summed E-state index contributed by atoms with van der Waals surface area (Å²) in [7, 11) is 0. The van der Waals surface area contributed by atoms with E-state index in [9.17, 15) is 9.18 Å². The summed E-state index contributed by atoms with van der Waals surface area (Å²) < 4.78 is 15.0. The van der Waals surface area contributed by atoms with Crippen LogP contribution in [-0.2, 0) is 11.2 Å². The van der Waals surface area contributed by atoms with Gasteiger partial charge in [0.1, 0.15) is 11.6 Å². The molecule has 0 aliphatic carbocycles. The number of nitrogens with zero attached hydrogens (tertiary/aromatic N) is 2. The maximum Gasteiger partial charge on any atom is 0.245 e. The van der Waals surface area contributed by atoms with Gasteiger partial charge in [-0.25, -0.2) is 4.39 Å². The van der Waals surface area contributed by atoms with Crippen molar-refractivity contribution in [3.8, 4) is 5.69 Å². The zero-order valence-corrected chi connectivity index (χ0v) is 14.2. The number of carbonyl (C=O) groups is 1. The number of nitrogens with one attached hydrogen (secondary N) is 3. The summed E-state index contributed by atoms with van der Waals surface area (Å²) in [5.74, 6) is -0.142. The van der Waals surface area contributed by atoms with E-state index in [1.54, 1.807) is 4.57 Å². The highest BCUT2D eigenvalue weighted by atomic mass is 32.1. The Hall–Kier alpha value is -3.00. The third-order valence-electron chi connectivity index (χ3n) is 3.61. The van der Waals surface area contributed by atoms with Crippen LogP contribution in [0.2, 0.25) is 0 Å². The minimum atomic E-state index is -0.342. The Morgan fingerprint density at radius 3 is 2.68 bits per heavy atom. The number of para-hydroxylation sites is 1. The third kappa shape index (κ3) is 3.92. The number of benzene rings is 2. The summed E-state index contributed by atoms with van der Waals surface area (Å²) in [4.78, 5) is 12.2. The maximum atomic E-state index is 12.9. The van der Waals surface area contributed by atoms with Crippen molar-refractivity contribution in [1.29, 1.82) is 0 Å². The molecule has 0 unspecified atom stereocenters. The number of anilines is 1. The van der Waals surface area contributed by atoms with Crippen molar-refractivity contribution in [3.05, 3.63) is 70.5 Å². The maximum absolute atomic E-state index is 12.9. The van der Waals surface area contributed by atoms with Crippen molar-refractivity contribution in [2.45, 2.75) is 13.3 Å². The molecule has 3 aromatic rings. The number of carbonyl (C=O) groups excluding carboxylic acids is 1. The summed E-state index contributed by atoms with van der Waals surface area (Å²) >= 11 is 5.28. The molecule has 0 fully saturated rings. The van der Waals surface area contributed by atoms with Gasteiger partial charge in [-0.1, -0.05) is 18.2 Å². The molecule has 25 heavy (non-hydrogen) atoms. The van der Waals surface area contributed by atoms with Gasteiger partial charge in [0.05, 0.1) is 17.8 Å². The molecule has 1 aromatic heterocycles. The summed E-state index contributed by atoms with van der Waals surface area (Å²) in [6.07, 6.45) is 0.0235. The second kappa shape index (κ2) is 7.27. The van der Waals surface area contributed by atoms with Crippen molar-refractivity contribution in [1.82, 2.24) is 20.2 Å². The van der Waals surface area contributed by atoms with Crippen LogP contribution in [0.15, 0.2) is 48.5 Å². The number of rotatable bonds is 5. The van der Waals surface area contributed by atoms with Gasteiger partial charge in [0.15, 0.2) is 4.77 Å². The number of aromatic amines is 1. The number of aromatic nitrogens is 3. The van der Waals surface area contributed by atoms with Crippen molar-refractivity contribution in [2.24, 2.45) is 0 Å². The fourth-order valence-electron chi connectivity index (χ4n) is 2.37. The van der Waals surface area contributed by atoms with Gasteiger partial charge in [-0.3, -0.25) is 25.3 Å². The van der Waals surface area contributed by atoms with E-state index >= 15 is 0 Å². The van der Waals surface area contributed by atoms with Crippen LogP contribution < -0.4 is 10.9 Å². The molecule has 0 saturated carbocycles. The van der Waals surface area contributed by atoms with Gasteiger partial charge < -0.3 is 0 Å². The lowest BCUT2D eigenvalue weighted by Crippen LogP contribution is -2.31. The fraction of sp³-hybridized carbons (Fsp3) is 0.118. The minimum Gasteiger partial charge on any atom is -0.299 e. The average Bonchev–Trinajstić information content (AvgIpc) is 2.95. The number of aryl methyl sites for hydroxylation is 1. The van der Waals surface area contributed by atoms with Crippen LogP contribution in [0.4, 0.5) is 10.1 Å². The molecule has 128 valence electrons. The highest BCUT2D eigenvalue weighted by molar-refractivity contribution is 7.71. The zero-order valence-electron chi connectivity index (χ0n) is 13.4. The molecule has 0 bridgehead atoms. The number of amides is 1. The van der Waals surface area contributed by atoms with E-state index < -0.39 is 0 Å². The van der Waals surface area contributed by atoms with Crippen molar-refractivity contribution in [3.63, 3.8) is 0 Å². The van der Waals surface area contributed by atoms with Crippen LogP contribution in [-0.4, -0.2) is 20.7 Å². The predicted molar refractivity (Wildman–Crippen MR) is 95.4 cm³/mol. The number of hydrogen-bond donors (Lipinski definition) is 3.